The number of hydrogen-bond acceptors (Lipinski definition) is 5. The summed E-state index contributed by atoms with van der Waals surface area (Å²) in [6.45, 7) is 1.86. The zero-order valence-electron chi connectivity index (χ0n) is 14.9. The summed E-state index contributed by atoms with van der Waals surface area (Å²) in [4.78, 5) is 37.4. The Hall–Kier alpha value is -3.61. The number of nitrogens with zero attached hydrogens (tertiary/aromatic N) is 1. The van der Waals surface area contributed by atoms with Crippen LogP contribution in [0.5, 0.6) is 5.75 Å². The highest BCUT2D eigenvalue weighted by molar-refractivity contribution is 6.11. The van der Waals surface area contributed by atoms with Gasteiger partial charge >= 0.3 is 5.97 Å². The molecule has 0 spiro atoms. The molecule has 0 aliphatic carbocycles. The van der Waals surface area contributed by atoms with Crippen LogP contribution in [-0.2, 0) is 11.8 Å². The van der Waals surface area contributed by atoms with Crippen molar-refractivity contribution in [1.82, 2.24) is 4.57 Å². The minimum absolute atomic E-state index is 0.157. The van der Waals surface area contributed by atoms with E-state index in [4.69, 9.17) is 4.74 Å². The zero-order valence-corrected chi connectivity index (χ0v) is 14.9. The summed E-state index contributed by atoms with van der Waals surface area (Å²) >= 11 is 0. The monoisotopic (exact) mass is 366 g/mol. The van der Waals surface area contributed by atoms with Crippen LogP contribution in [0.2, 0.25) is 0 Å². The van der Waals surface area contributed by atoms with Crippen LogP contribution in [0.1, 0.15) is 27.6 Å². The van der Waals surface area contributed by atoms with E-state index in [0.717, 1.165) is 0 Å². The number of aromatic nitrogens is 1. The van der Waals surface area contributed by atoms with E-state index in [1.165, 1.54) is 23.7 Å². The molecule has 1 amide bonds. The Kier molecular flexibility index (Phi) is 4.94. The molecule has 7 heteroatoms. The quantitative estimate of drug-likeness (QED) is 0.692. The number of pyridine rings is 1. The van der Waals surface area contributed by atoms with Gasteiger partial charge in [0.2, 0.25) is 0 Å². The van der Waals surface area contributed by atoms with E-state index in [1.54, 1.807) is 43.3 Å². The van der Waals surface area contributed by atoms with Crippen LogP contribution in [0.4, 0.5) is 5.69 Å². The lowest BCUT2D eigenvalue weighted by molar-refractivity contribution is 0.0527. The number of anilines is 1. The van der Waals surface area contributed by atoms with Crippen molar-refractivity contribution in [3.05, 3.63) is 70.0 Å². The third kappa shape index (κ3) is 3.27. The second-order valence-electron chi connectivity index (χ2n) is 5.83. The van der Waals surface area contributed by atoms with Gasteiger partial charge in [0.15, 0.2) is 0 Å². The maximum Gasteiger partial charge on any atom is 0.340 e. The summed E-state index contributed by atoms with van der Waals surface area (Å²) in [7, 11) is 1.52. The number of aryl methyl sites for hydroxylation is 1. The number of hydrogen-bond donors (Lipinski definition) is 2. The van der Waals surface area contributed by atoms with Crippen molar-refractivity contribution in [2.45, 2.75) is 6.92 Å². The highest BCUT2D eigenvalue weighted by atomic mass is 16.5. The number of rotatable bonds is 4. The van der Waals surface area contributed by atoms with E-state index in [-0.39, 0.29) is 17.9 Å². The van der Waals surface area contributed by atoms with Gasteiger partial charge in [-0.05, 0) is 31.2 Å². The number of carbonyl (C=O) groups is 2. The predicted molar refractivity (Wildman–Crippen MR) is 101 cm³/mol. The molecule has 3 rings (SSSR count). The lowest BCUT2D eigenvalue weighted by Crippen LogP contribution is -2.28. The lowest BCUT2D eigenvalue weighted by atomic mass is 10.1. The molecule has 0 aliphatic rings. The van der Waals surface area contributed by atoms with E-state index in [2.05, 4.69) is 5.32 Å². The summed E-state index contributed by atoms with van der Waals surface area (Å²) in [6.07, 6.45) is 0. The number of esters is 1. The second kappa shape index (κ2) is 7.33. The molecular formula is C20H18N2O5. The van der Waals surface area contributed by atoms with Crippen LogP contribution in [0.15, 0.2) is 53.3 Å². The summed E-state index contributed by atoms with van der Waals surface area (Å²) in [5.74, 6) is -1.81. The molecule has 0 bridgehead atoms. The highest BCUT2D eigenvalue weighted by Crippen LogP contribution is 2.27. The molecule has 0 unspecified atom stereocenters. The summed E-state index contributed by atoms with van der Waals surface area (Å²) < 4.78 is 6.27. The van der Waals surface area contributed by atoms with E-state index in [0.29, 0.717) is 10.9 Å². The third-order valence-corrected chi connectivity index (χ3v) is 4.17. The number of benzene rings is 2. The predicted octanol–water partition coefficient (Wildman–Crippen LogP) is 2.67. The van der Waals surface area contributed by atoms with Gasteiger partial charge in [0.05, 0.1) is 23.4 Å². The summed E-state index contributed by atoms with van der Waals surface area (Å²) in [6, 6.07) is 13.0. The number of amides is 1. The largest absolute Gasteiger partial charge is 0.506 e. The van der Waals surface area contributed by atoms with Gasteiger partial charge in [-0.1, -0.05) is 24.3 Å². The SMILES string of the molecule is CCOC(=O)c1ccccc1NC(=O)c1c(O)c2ccccc2n(C)c1=O. The standard InChI is InChI=1S/C20H18N2O5/c1-3-27-20(26)12-8-4-6-10-14(12)21-18(24)16-17(23)13-9-5-7-11-15(13)22(2)19(16)25/h4-11,23H,3H2,1-2H3,(H,21,24). The normalized spacial score (nSPS) is 10.6. The molecule has 1 heterocycles. The van der Waals surface area contributed by atoms with Crippen LogP contribution >= 0.6 is 0 Å². The van der Waals surface area contributed by atoms with E-state index >= 15 is 0 Å². The maximum atomic E-state index is 12.7. The highest BCUT2D eigenvalue weighted by Gasteiger charge is 2.22. The van der Waals surface area contributed by atoms with Crippen molar-refractivity contribution in [3.63, 3.8) is 0 Å². The molecule has 2 N–H and O–H groups in total. The van der Waals surface area contributed by atoms with Crippen LogP contribution < -0.4 is 10.9 Å². The van der Waals surface area contributed by atoms with Crippen molar-refractivity contribution in [3.8, 4) is 5.75 Å². The zero-order chi connectivity index (χ0) is 19.6. The van der Waals surface area contributed by atoms with Gasteiger partial charge in [0, 0.05) is 12.4 Å². The molecular weight excluding hydrogens is 348 g/mol. The Balaban J connectivity index is 2.07. The number of nitrogens with one attached hydrogen (secondary N) is 1. The van der Waals surface area contributed by atoms with Gasteiger partial charge in [0.25, 0.3) is 11.5 Å². The molecule has 7 nitrogen and oxygen atoms in total. The average molecular weight is 366 g/mol. The third-order valence-electron chi connectivity index (χ3n) is 4.17. The maximum absolute atomic E-state index is 12.7. The molecule has 138 valence electrons. The average Bonchev–Trinajstić information content (AvgIpc) is 2.67. The molecule has 27 heavy (non-hydrogen) atoms. The van der Waals surface area contributed by atoms with E-state index < -0.39 is 28.7 Å². The van der Waals surface area contributed by atoms with E-state index in [9.17, 15) is 19.5 Å². The van der Waals surface area contributed by atoms with E-state index in [1.807, 2.05) is 0 Å². The van der Waals surface area contributed by atoms with Crippen LogP contribution in [-0.4, -0.2) is 28.2 Å². The first-order valence-electron chi connectivity index (χ1n) is 8.34. The molecule has 0 atom stereocenters. The van der Waals surface area contributed by atoms with Crippen LogP contribution in [0.25, 0.3) is 10.9 Å². The Bertz CT molecular complexity index is 1100. The van der Waals surface area contributed by atoms with Gasteiger partial charge in [-0.2, -0.15) is 0 Å². The fraction of sp³-hybridized carbons (Fsp3) is 0.150. The molecule has 3 aromatic rings. The summed E-state index contributed by atoms with van der Waals surface area (Å²) in [5, 5.41) is 13.4. The van der Waals surface area contributed by atoms with Crippen molar-refractivity contribution in [1.29, 1.82) is 0 Å². The number of carbonyl (C=O) groups excluding carboxylic acids is 2. The van der Waals surface area contributed by atoms with Crippen molar-refractivity contribution < 1.29 is 19.4 Å². The van der Waals surface area contributed by atoms with Gasteiger partial charge in [-0.25, -0.2) is 4.79 Å². The van der Waals surface area contributed by atoms with Crippen LogP contribution in [0.3, 0.4) is 0 Å². The molecule has 0 saturated carbocycles. The fourth-order valence-corrected chi connectivity index (χ4v) is 2.85. The van der Waals surface area contributed by atoms with Crippen molar-refractivity contribution in [2.75, 3.05) is 11.9 Å². The Labute approximate surface area is 154 Å². The number of para-hydroxylation sites is 2. The Morgan fingerprint density at radius 1 is 1.11 bits per heavy atom. The molecule has 0 saturated heterocycles. The fourth-order valence-electron chi connectivity index (χ4n) is 2.85. The minimum atomic E-state index is -0.810. The topological polar surface area (TPSA) is 97.6 Å². The number of ether oxygens (including phenoxy) is 1. The minimum Gasteiger partial charge on any atom is -0.506 e. The smallest absolute Gasteiger partial charge is 0.340 e. The van der Waals surface area contributed by atoms with Gasteiger partial charge < -0.3 is 19.7 Å². The first-order chi connectivity index (χ1) is 13.0. The molecule has 2 aromatic carbocycles. The van der Waals surface area contributed by atoms with Crippen molar-refractivity contribution in [2.24, 2.45) is 7.05 Å². The molecule has 0 fully saturated rings. The second-order valence-corrected chi connectivity index (χ2v) is 5.83. The van der Waals surface area contributed by atoms with Crippen LogP contribution in [0, 0.1) is 0 Å². The number of fused-ring (bicyclic) bond motifs is 1. The van der Waals surface area contributed by atoms with Gasteiger partial charge in [-0.15, -0.1) is 0 Å². The summed E-state index contributed by atoms with van der Waals surface area (Å²) in [5.41, 5.74) is -0.184. The van der Waals surface area contributed by atoms with Gasteiger partial charge in [-0.3, -0.25) is 9.59 Å². The molecule has 1 aromatic heterocycles. The first-order valence-corrected chi connectivity index (χ1v) is 8.34. The molecule has 0 radical (unpaired) electrons. The Morgan fingerprint density at radius 2 is 1.78 bits per heavy atom. The lowest BCUT2D eigenvalue weighted by Gasteiger charge is -2.13. The molecule has 0 aliphatic heterocycles. The first kappa shape index (κ1) is 18.2. The van der Waals surface area contributed by atoms with Crippen molar-refractivity contribution >= 4 is 28.5 Å². The number of aromatic hydroxyl groups is 1. The Morgan fingerprint density at radius 3 is 2.52 bits per heavy atom. The van der Waals surface area contributed by atoms with Gasteiger partial charge in [0.1, 0.15) is 11.3 Å².